The third-order valence-corrected chi connectivity index (χ3v) is 2.80. The van der Waals surface area contributed by atoms with Crippen LogP contribution in [0.15, 0.2) is 0 Å². The van der Waals surface area contributed by atoms with E-state index in [1.54, 1.807) is 0 Å². The lowest BCUT2D eigenvalue weighted by atomic mass is 9.94. The molecule has 0 aromatic carbocycles. The van der Waals surface area contributed by atoms with Gasteiger partial charge in [-0.05, 0) is 32.4 Å². The summed E-state index contributed by atoms with van der Waals surface area (Å²) in [4.78, 5) is 11.7. The molecular formula is C10H21N3O. The molecule has 2 unspecified atom stereocenters. The fraction of sp³-hybridized carbons (Fsp3) is 0.900. The smallest absolute Gasteiger partial charge is 0.153 e. The maximum absolute atomic E-state index is 11.7. The van der Waals surface area contributed by atoms with Crippen LogP contribution in [0.3, 0.4) is 0 Å². The van der Waals surface area contributed by atoms with E-state index in [1.807, 2.05) is 0 Å². The first-order chi connectivity index (χ1) is 6.75. The predicted octanol–water partition coefficient (Wildman–Crippen LogP) is -0.379. The van der Waals surface area contributed by atoms with E-state index >= 15 is 0 Å². The molecule has 0 amide bonds. The Kier molecular flexibility index (Phi) is 5.07. The number of hydrogen-bond acceptors (Lipinski definition) is 4. The van der Waals surface area contributed by atoms with Gasteiger partial charge < -0.3 is 16.8 Å². The molecule has 0 saturated carbocycles. The van der Waals surface area contributed by atoms with Crippen LogP contribution in [0.2, 0.25) is 0 Å². The van der Waals surface area contributed by atoms with Gasteiger partial charge in [-0.25, -0.2) is 0 Å². The van der Waals surface area contributed by atoms with E-state index in [2.05, 4.69) is 5.32 Å². The van der Waals surface area contributed by atoms with Crippen molar-refractivity contribution < 1.29 is 4.79 Å². The van der Waals surface area contributed by atoms with Crippen molar-refractivity contribution in [2.75, 3.05) is 19.6 Å². The fourth-order valence-electron chi connectivity index (χ4n) is 1.85. The number of carbonyl (C=O) groups is 1. The topological polar surface area (TPSA) is 81.1 Å². The molecule has 0 aromatic rings. The standard InChI is InChI=1S/C10H21N3O/c11-5-2-1-3-9(12)10(14)8-4-6-13-7-8/h8-9,13H,1-7,11-12H2. The summed E-state index contributed by atoms with van der Waals surface area (Å²) in [5.41, 5.74) is 11.2. The number of Topliss-reactive ketones (excluding diaryl/α,β-unsaturated/α-hetero) is 1. The molecule has 14 heavy (non-hydrogen) atoms. The minimum absolute atomic E-state index is 0.155. The van der Waals surface area contributed by atoms with E-state index in [-0.39, 0.29) is 17.7 Å². The molecule has 0 aliphatic carbocycles. The van der Waals surface area contributed by atoms with Gasteiger partial charge >= 0.3 is 0 Å². The molecule has 0 bridgehead atoms. The Morgan fingerprint density at radius 2 is 2.29 bits per heavy atom. The Bertz CT molecular complexity index is 178. The summed E-state index contributed by atoms with van der Waals surface area (Å²) >= 11 is 0. The van der Waals surface area contributed by atoms with Gasteiger partial charge in [0.1, 0.15) is 0 Å². The Morgan fingerprint density at radius 1 is 1.50 bits per heavy atom. The Balaban J connectivity index is 2.21. The van der Waals surface area contributed by atoms with Gasteiger partial charge in [0, 0.05) is 12.5 Å². The van der Waals surface area contributed by atoms with Gasteiger partial charge in [-0.15, -0.1) is 0 Å². The Morgan fingerprint density at radius 3 is 2.86 bits per heavy atom. The second kappa shape index (κ2) is 6.11. The van der Waals surface area contributed by atoms with Crippen LogP contribution >= 0.6 is 0 Å². The number of carbonyl (C=O) groups excluding carboxylic acids is 1. The molecular weight excluding hydrogens is 178 g/mol. The van der Waals surface area contributed by atoms with Crippen LogP contribution < -0.4 is 16.8 Å². The Labute approximate surface area is 85.4 Å². The van der Waals surface area contributed by atoms with E-state index in [0.717, 1.165) is 38.8 Å². The quantitative estimate of drug-likeness (QED) is 0.509. The summed E-state index contributed by atoms with van der Waals surface area (Å²) in [6.07, 6.45) is 3.66. The minimum atomic E-state index is -0.272. The Hall–Kier alpha value is -0.450. The molecule has 4 nitrogen and oxygen atoms in total. The van der Waals surface area contributed by atoms with E-state index in [4.69, 9.17) is 11.5 Å². The molecule has 1 fully saturated rings. The van der Waals surface area contributed by atoms with Gasteiger partial charge in [-0.3, -0.25) is 4.79 Å². The van der Waals surface area contributed by atoms with E-state index in [0.29, 0.717) is 6.54 Å². The molecule has 1 heterocycles. The van der Waals surface area contributed by atoms with Gasteiger partial charge in [0.15, 0.2) is 5.78 Å². The monoisotopic (exact) mass is 199 g/mol. The molecule has 1 aliphatic rings. The third-order valence-electron chi connectivity index (χ3n) is 2.80. The summed E-state index contributed by atoms with van der Waals surface area (Å²) in [5.74, 6) is 0.384. The van der Waals surface area contributed by atoms with Crippen LogP contribution in [0, 0.1) is 5.92 Å². The summed E-state index contributed by atoms with van der Waals surface area (Å²) in [6.45, 7) is 2.45. The number of rotatable bonds is 6. The highest BCUT2D eigenvalue weighted by Gasteiger charge is 2.26. The lowest BCUT2D eigenvalue weighted by Gasteiger charge is -2.14. The zero-order valence-electron chi connectivity index (χ0n) is 8.67. The van der Waals surface area contributed by atoms with Crippen molar-refractivity contribution in [1.82, 2.24) is 5.32 Å². The second-order valence-electron chi connectivity index (χ2n) is 3.98. The summed E-state index contributed by atoms with van der Waals surface area (Å²) in [5, 5.41) is 3.18. The van der Waals surface area contributed by atoms with Gasteiger partial charge in [0.2, 0.25) is 0 Å². The molecule has 4 heteroatoms. The first-order valence-corrected chi connectivity index (χ1v) is 5.45. The highest BCUT2D eigenvalue weighted by atomic mass is 16.1. The third kappa shape index (κ3) is 3.36. The number of nitrogens with two attached hydrogens (primary N) is 2. The lowest BCUT2D eigenvalue weighted by molar-refractivity contribution is -0.123. The molecule has 2 atom stereocenters. The molecule has 0 aromatic heterocycles. The zero-order chi connectivity index (χ0) is 10.4. The first-order valence-electron chi connectivity index (χ1n) is 5.45. The first kappa shape index (κ1) is 11.6. The van der Waals surface area contributed by atoms with E-state index in [9.17, 15) is 4.79 Å². The summed E-state index contributed by atoms with van der Waals surface area (Å²) in [6, 6.07) is -0.272. The van der Waals surface area contributed by atoms with Crippen molar-refractivity contribution in [1.29, 1.82) is 0 Å². The number of unbranched alkanes of at least 4 members (excludes halogenated alkanes) is 1. The van der Waals surface area contributed by atoms with Crippen LogP contribution in [0.4, 0.5) is 0 Å². The van der Waals surface area contributed by atoms with Crippen LogP contribution in [0.25, 0.3) is 0 Å². The number of ketones is 1. The predicted molar refractivity (Wildman–Crippen MR) is 56.9 cm³/mol. The highest BCUT2D eigenvalue weighted by Crippen LogP contribution is 2.12. The van der Waals surface area contributed by atoms with E-state index < -0.39 is 0 Å². The lowest BCUT2D eigenvalue weighted by Crippen LogP contribution is -2.36. The van der Waals surface area contributed by atoms with Crippen molar-refractivity contribution in [3.05, 3.63) is 0 Å². The van der Waals surface area contributed by atoms with Crippen LogP contribution in [-0.2, 0) is 4.79 Å². The molecule has 5 N–H and O–H groups in total. The van der Waals surface area contributed by atoms with Crippen LogP contribution in [0.5, 0.6) is 0 Å². The minimum Gasteiger partial charge on any atom is -0.330 e. The van der Waals surface area contributed by atoms with Crippen molar-refractivity contribution in [2.24, 2.45) is 17.4 Å². The maximum atomic E-state index is 11.7. The van der Waals surface area contributed by atoms with Crippen molar-refractivity contribution >= 4 is 5.78 Å². The summed E-state index contributed by atoms with van der Waals surface area (Å²) < 4.78 is 0. The number of nitrogens with one attached hydrogen (secondary N) is 1. The molecule has 0 radical (unpaired) electrons. The molecule has 0 spiro atoms. The summed E-state index contributed by atoms with van der Waals surface area (Å²) in [7, 11) is 0. The maximum Gasteiger partial charge on any atom is 0.153 e. The SMILES string of the molecule is NCCCCC(N)C(=O)C1CCNC1. The van der Waals surface area contributed by atoms with E-state index in [1.165, 1.54) is 0 Å². The number of hydrogen-bond donors (Lipinski definition) is 3. The van der Waals surface area contributed by atoms with Crippen molar-refractivity contribution in [2.45, 2.75) is 31.7 Å². The fourth-order valence-corrected chi connectivity index (χ4v) is 1.85. The van der Waals surface area contributed by atoms with Gasteiger partial charge in [-0.2, -0.15) is 0 Å². The molecule has 82 valence electrons. The van der Waals surface area contributed by atoms with Crippen LogP contribution in [-0.4, -0.2) is 31.5 Å². The van der Waals surface area contributed by atoms with Crippen molar-refractivity contribution in [3.8, 4) is 0 Å². The molecule has 1 saturated heterocycles. The highest BCUT2D eigenvalue weighted by molar-refractivity contribution is 5.86. The zero-order valence-corrected chi connectivity index (χ0v) is 8.67. The molecule has 1 aliphatic heterocycles. The van der Waals surface area contributed by atoms with Crippen LogP contribution in [0.1, 0.15) is 25.7 Å². The normalized spacial score (nSPS) is 23.7. The van der Waals surface area contributed by atoms with Gasteiger partial charge in [0.25, 0.3) is 0 Å². The van der Waals surface area contributed by atoms with Gasteiger partial charge in [-0.1, -0.05) is 6.42 Å². The largest absolute Gasteiger partial charge is 0.330 e. The molecule has 1 rings (SSSR count). The second-order valence-corrected chi connectivity index (χ2v) is 3.98. The average Bonchev–Trinajstić information content (AvgIpc) is 2.69. The van der Waals surface area contributed by atoms with Gasteiger partial charge in [0.05, 0.1) is 6.04 Å². The average molecular weight is 199 g/mol. The van der Waals surface area contributed by atoms with Crippen molar-refractivity contribution in [3.63, 3.8) is 0 Å².